The quantitative estimate of drug-likeness (QED) is 0.818. The zero-order valence-electron chi connectivity index (χ0n) is 9.89. The Labute approximate surface area is 97.5 Å². The highest BCUT2D eigenvalue weighted by Gasteiger charge is 2.41. The zero-order valence-corrected chi connectivity index (χ0v) is 9.89. The van der Waals surface area contributed by atoms with E-state index in [1.165, 1.54) is 31.4 Å². The summed E-state index contributed by atoms with van der Waals surface area (Å²) in [7, 11) is 0. The van der Waals surface area contributed by atoms with E-state index in [1.54, 1.807) is 0 Å². The van der Waals surface area contributed by atoms with Crippen LogP contribution in [0.4, 0.5) is 0 Å². The first kappa shape index (κ1) is 10.3. The summed E-state index contributed by atoms with van der Waals surface area (Å²) < 4.78 is 0. The standard InChI is InChI=1S/C14H20N2/c1-10(13-4-2-3-9-15-13)16-14(11-5-6-11)12-7-8-12/h2-4,9-12,14,16H,5-8H2,1H3/t10-/m0/s1. The molecule has 1 aromatic heterocycles. The van der Waals surface area contributed by atoms with E-state index < -0.39 is 0 Å². The maximum absolute atomic E-state index is 4.43. The highest BCUT2D eigenvalue weighted by molar-refractivity contribution is 5.09. The third kappa shape index (κ3) is 2.27. The average Bonchev–Trinajstić information content (AvgIpc) is 3.19. The molecule has 2 fully saturated rings. The van der Waals surface area contributed by atoms with Crippen LogP contribution in [0.15, 0.2) is 24.4 Å². The summed E-state index contributed by atoms with van der Waals surface area (Å²) in [6.45, 7) is 2.24. The summed E-state index contributed by atoms with van der Waals surface area (Å²) in [5.74, 6) is 1.91. The van der Waals surface area contributed by atoms with Gasteiger partial charge in [0, 0.05) is 18.3 Å². The van der Waals surface area contributed by atoms with Gasteiger partial charge in [-0.1, -0.05) is 6.07 Å². The van der Waals surface area contributed by atoms with Crippen molar-refractivity contribution in [3.8, 4) is 0 Å². The molecule has 0 saturated heterocycles. The molecule has 2 saturated carbocycles. The number of aromatic nitrogens is 1. The molecule has 0 bridgehead atoms. The van der Waals surface area contributed by atoms with Gasteiger partial charge in [-0.2, -0.15) is 0 Å². The molecular weight excluding hydrogens is 196 g/mol. The number of nitrogens with one attached hydrogen (secondary N) is 1. The van der Waals surface area contributed by atoms with Gasteiger partial charge in [0.05, 0.1) is 5.69 Å². The number of nitrogens with zero attached hydrogens (tertiary/aromatic N) is 1. The van der Waals surface area contributed by atoms with Crippen LogP contribution in [0.5, 0.6) is 0 Å². The maximum Gasteiger partial charge on any atom is 0.0570 e. The van der Waals surface area contributed by atoms with E-state index in [-0.39, 0.29) is 0 Å². The van der Waals surface area contributed by atoms with E-state index in [2.05, 4.69) is 29.4 Å². The van der Waals surface area contributed by atoms with Crippen LogP contribution in [0.25, 0.3) is 0 Å². The molecule has 86 valence electrons. The van der Waals surface area contributed by atoms with Crippen LogP contribution >= 0.6 is 0 Å². The molecule has 3 rings (SSSR count). The summed E-state index contributed by atoms with van der Waals surface area (Å²) in [5.41, 5.74) is 1.17. The molecule has 1 N–H and O–H groups in total. The zero-order chi connectivity index (χ0) is 11.0. The molecule has 16 heavy (non-hydrogen) atoms. The van der Waals surface area contributed by atoms with Crippen molar-refractivity contribution in [2.45, 2.75) is 44.7 Å². The van der Waals surface area contributed by atoms with Gasteiger partial charge in [-0.3, -0.25) is 4.98 Å². The molecule has 0 aliphatic heterocycles. The lowest BCUT2D eigenvalue weighted by Crippen LogP contribution is -2.35. The van der Waals surface area contributed by atoms with Crippen molar-refractivity contribution in [2.24, 2.45) is 11.8 Å². The minimum Gasteiger partial charge on any atom is -0.306 e. The van der Waals surface area contributed by atoms with Gasteiger partial charge in [0.1, 0.15) is 0 Å². The molecule has 2 heteroatoms. The molecule has 1 heterocycles. The number of hydrogen-bond acceptors (Lipinski definition) is 2. The fourth-order valence-corrected chi connectivity index (χ4v) is 2.57. The molecule has 0 spiro atoms. The van der Waals surface area contributed by atoms with Crippen LogP contribution in [-0.4, -0.2) is 11.0 Å². The largest absolute Gasteiger partial charge is 0.306 e. The number of pyridine rings is 1. The van der Waals surface area contributed by atoms with E-state index in [0.717, 1.165) is 17.9 Å². The molecule has 2 nitrogen and oxygen atoms in total. The minimum absolute atomic E-state index is 0.396. The van der Waals surface area contributed by atoms with Gasteiger partial charge in [-0.25, -0.2) is 0 Å². The van der Waals surface area contributed by atoms with Crippen molar-refractivity contribution in [1.29, 1.82) is 0 Å². The first-order chi connectivity index (χ1) is 7.84. The van der Waals surface area contributed by atoms with Gasteiger partial charge in [0.15, 0.2) is 0 Å². The Morgan fingerprint density at radius 3 is 2.38 bits per heavy atom. The normalized spacial score (nSPS) is 22.4. The highest BCUT2D eigenvalue weighted by atomic mass is 15.0. The van der Waals surface area contributed by atoms with Crippen molar-refractivity contribution in [2.75, 3.05) is 0 Å². The molecule has 0 radical (unpaired) electrons. The second kappa shape index (κ2) is 4.17. The van der Waals surface area contributed by atoms with Crippen molar-refractivity contribution in [3.05, 3.63) is 30.1 Å². The summed E-state index contributed by atoms with van der Waals surface area (Å²) >= 11 is 0. The van der Waals surface area contributed by atoms with Crippen LogP contribution in [0.2, 0.25) is 0 Å². The predicted octanol–water partition coefficient (Wildman–Crippen LogP) is 2.92. The summed E-state index contributed by atoms with van der Waals surface area (Å²) in [6.07, 6.45) is 7.62. The van der Waals surface area contributed by atoms with Crippen LogP contribution in [0.3, 0.4) is 0 Å². The summed E-state index contributed by atoms with van der Waals surface area (Å²) in [4.78, 5) is 4.43. The molecule has 1 aromatic rings. The average molecular weight is 216 g/mol. The lowest BCUT2D eigenvalue weighted by Gasteiger charge is -2.22. The van der Waals surface area contributed by atoms with Crippen molar-refractivity contribution in [1.82, 2.24) is 10.3 Å². The Kier molecular flexibility index (Phi) is 2.68. The molecule has 0 aromatic carbocycles. The van der Waals surface area contributed by atoms with Gasteiger partial charge in [-0.05, 0) is 56.6 Å². The SMILES string of the molecule is C[C@H](NC(C1CC1)C1CC1)c1ccccn1. The van der Waals surface area contributed by atoms with Gasteiger partial charge in [-0.15, -0.1) is 0 Å². The van der Waals surface area contributed by atoms with E-state index in [4.69, 9.17) is 0 Å². The fraction of sp³-hybridized carbons (Fsp3) is 0.643. The van der Waals surface area contributed by atoms with E-state index in [1.807, 2.05) is 12.3 Å². The number of hydrogen-bond donors (Lipinski definition) is 1. The third-order valence-electron chi connectivity index (χ3n) is 3.83. The maximum atomic E-state index is 4.43. The Morgan fingerprint density at radius 1 is 1.19 bits per heavy atom. The lowest BCUT2D eigenvalue weighted by atomic mass is 10.1. The molecule has 1 atom stereocenters. The first-order valence-electron chi connectivity index (χ1n) is 6.51. The lowest BCUT2D eigenvalue weighted by molar-refractivity contribution is 0.374. The van der Waals surface area contributed by atoms with Gasteiger partial charge >= 0.3 is 0 Å². The fourth-order valence-electron chi connectivity index (χ4n) is 2.57. The molecule has 0 unspecified atom stereocenters. The molecule has 2 aliphatic rings. The molecule has 2 aliphatic carbocycles. The third-order valence-corrected chi connectivity index (χ3v) is 3.83. The number of rotatable bonds is 5. The Morgan fingerprint density at radius 2 is 1.88 bits per heavy atom. The second-order valence-electron chi connectivity index (χ2n) is 5.34. The van der Waals surface area contributed by atoms with Gasteiger partial charge < -0.3 is 5.32 Å². The Hall–Kier alpha value is -0.890. The topological polar surface area (TPSA) is 24.9 Å². The van der Waals surface area contributed by atoms with Gasteiger partial charge in [0.2, 0.25) is 0 Å². The van der Waals surface area contributed by atoms with Crippen LogP contribution in [0.1, 0.15) is 44.3 Å². The Balaban J connectivity index is 1.64. The van der Waals surface area contributed by atoms with Crippen LogP contribution in [-0.2, 0) is 0 Å². The Bertz CT molecular complexity index is 329. The van der Waals surface area contributed by atoms with Crippen molar-refractivity contribution in [3.63, 3.8) is 0 Å². The second-order valence-corrected chi connectivity index (χ2v) is 5.34. The first-order valence-corrected chi connectivity index (χ1v) is 6.51. The van der Waals surface area contributed by atoms with E-state index >= 15 is 0 Å². The monoisotopic (exact) mass is 216 g/mol. The predicted molar refractivity (Wildman–Crippen MR) is 65.0 cm³/mol. The minimum atomic E-state index is 0.396. The van der Waals surface area contributed by atoms with Gasteiger partial charge in [0.25, 0.3) is 0 Å². The van der Waals surface area contributed by atoms with Crippen LogP contribution in [0, 0.1) is 11.8 Å². The highest BCUT2D eigenvalue weighted by Crippen LogP contribution is 2.45. The van der Waals surface area contributed by atoms with Crippen molar-refractivity contribution < 1.29 is 0 Å². The summed E-state index contributed by atoms with van der Waals surface area (Å²) in [5, 5.41) is 3.79. The molecule has 0 amide bonds. The van der Waals surface area contributed by atoms with E-state index in [0.29, 0.717) is 6.04 Å². The van der Waals surface area contributed by atoms with Crippen LogP contribution < -0.4 is 5.32 Å². The van der Waals surface area contributed by atoms with Crippen molar-refractivity contribution >= 4 is 0 Å². The van der Waals surface area contributed by atoms with E-state index in [9.17, 15) is 0 Å². The summed E-state index contributed by atoms with van der Waals surface area (Å²) in [6, 6.07) is 7.33. The smallest absolute Gasteiger partial charge is 0.0570 e. The molecular formula is C14H20N2.